The van der Waals surface area contributed by atoms with E-state index in [1.165, 1.54) is 0 Å². The largest absolute Gasteiger partial charge is 0.443 e. The van der Waals surface area contributed by atoms with Crippen molar-refractivity contribution in [3.8, 4) is 0 Å². The predicted molar refractivity (Wildman–Crippen MR) is 51.0 cm³/mol. The van der Waals surface area contributed by atoms with Gasteiger partial charge in [-0.2, -0.15) is 0 Å². The molecule has 1 aromatic carbocycles. The van der Waals surface area contributed by atoms with E-state index < -0.39 is 0 Å². The van der Waals surface area contributed by atoms with Crippen LogP contribution < -0.4 is 0 Å². The summed E-state index contributed by atoms with van der Waals surface area (Å²) in [4.78, 5) is 0. The van der Waals surface area contributed by atoms with Crippen LogP contribution in [0.3, 0.4) is 0 Å². The summed E-state index contributed by atoms with van der Waals surface area (Å²) in [6, 6.07) is 5.77. The lowest BCUT2D eigenvalue weighted by Gasteiger charge is -1.91. The van der Waals surface area contributed by atoms with Crippen LogP contribution in [0.1, 0.15) is 5.56 Å². The van der Waals surface area contributed by atoms with Gasteiger partial charge in [0, 0.05) is 5.39 Å². The van der Waals surface area contributed by atoms with Crippen LogP contribution in [0.2, 0.25) is 10.2 Å². The lowest BCUT2D eigenvalue weighted by atomic mass is 10.2. The number of furan rings is 1. The highest BCUT2D eigenvalue weighted by Crippen LogP contribution is 2.35. The van der Waals surface area contributed by atoms with Crippen LogP contribution in [0.15, 0.2) is 22.6 Å². The zero-order chi connectivity index (χ0) is 8.72. The number of para-hydroxylation sites is 1. The summed E-state index contributed by atoms with van der Waals surface area (Å²) in [5, 5.41) is 1.64. The van der Waals surface area contributed by atoms with Gasteiger partial charge in [-0.1, -0.05) is 23.7 Å². The third-order valence-electron chi connectivity index (χ3n) is 1.81. The first-order valence-electron chi connectivity index (χ1n) is 3.53. The number of hydrogen-bond acceptors (Lipinski definition) is 1. The number of halogens is 2. The first-order chi connectivity index (χ1) is 5.70. The zero-order valence-electron chi connectivity index (χ0n) is 6.40. The minimum absolute atomic E-state index is 0.265. The van der Waals surface area contributed by atoms with Crippen molar-refractivity contribution in [3.05, 3.63) is 34.0 Å². The number of hydrogen-bond donors (Lipinski definition) is 0. The van der Waals surface area contributed by atoms with Crippen molar-refractivity contribution in [2.75, 3.05) is 0 Å². The standard InChI is InChI=1S/C9H6Cl2O/c1-5-3-2-4-6-7(10)9(11)12-8(5)6/h2-4H,1H3. The second-order valence-corrected chi connectivity index (χ2v) is 3.36. The van der Waals surface area contributed by atoms with Gasteiger partial charge in [-0.25, -0.2) is 0 Å². The van der Waals surface area contributed by atoms with Crippen LogP contribution in [-0.4, -0.2) is 0 Å². The average molecular weight is 201 g/mol. The second-order valence-electron chi connectivity index (χ2n) is 2.64. The van der Waals surface area contributed by atoms with Crippen LogP contribution in [0.5, 0.6) is 0 Å². The minimum Gasteiger partial charge on any atom is -0.443 e. The van der Waals surface area contributed by atoms with Crippen molar-refractivity contribution in [1.29, 1.82) is 0 Å². The Morgan fingerprint density at radius 1 is 1.25 bits per heavy atom. The number of benzene rings is 1. The Kier molecular flexibility index (Phi) is 1.78. The lowest BCUT2D eigenvalue weighted by Crippen LogP contribution is -1.70. The van der Waals surface area contributed by atoms with Gasteiger partial charge < -0.3 is 4.42 Å². The van der Waals surface area contributed by atoms with Gasteiger partial charge in [-0.3, -0.25) is 0 Å². The Morgan fingerprint density at radius 3 is 2.67 bits per heavy atom. The molecule has 2 aromatic rings. The van der Waals surface area contributed by atoms with E-state index in [1.54, 1.807) is 0 Å². The van der Waals surface area contributed by atoms with E-state index in [0.717, 1.165) is 16.5 Å². The van der Waals surface area contributed by atoms with E-state index in [0.29, 0.717) is 5.02 Å². The molecule has 1 aromatic heterocycles. The molecule has 0 amide bonds. The van der Waals surface area contributed by atoms with Gasteiger partial charge >= 0.3 is 0 Å². The summed E-state index contributed by atoms with van der Waals surface area (Å²) >= 11 is 11.6. The zero-order valence-corrected chi connectivity index (χ0v) is 7.91. The maximum absolute atomic E-state index is 5.89. The van der Waals surface area contributed by atoms with E-state index in [1.807, 2.05) is 25.1 Å². The molecule has 0 N–H and O–H groups in total. The highest BCUT2D eigenvalue weighted by atomic mass is 35.5. The third-order valence-corrected chi connectivity index (χ3v) is 2.55. The van der Waals surface area contributed by atoms with E-state index in [4.69, 9.17) is 27.6 Å². The fourth-order valence-corrected chi connectivity index (χ4v) is 1.57. The molecule has 1 nitrogen and oxygen atoms in total. The quantitative estimate of drug-likeness (QED) is 0.626. The van der Waals surface area contributed by atoms with Gasteiger partial charge in [0.25, 0.3) is 0 Å². The molecule has 1 heterocycles. The predicted octanol–water partition coefficient (Wildman–Crippen LogP) is 4.05. The van der Waals surface area contributed by atoms with Crippen molar-refractivity contribution in [2.24, 2.45) is 0 Å². The monoisotopic (exact) mass is 200 g/mol. The highest BCUT2D eigenvalue weighted by Gasteiger charge is 2.10. The highest BCUT2D eigenvalue weighted by molar-refractivity contribution is 6.44. The molecule has 0 atom stereocenters. The molecule has 0 fully saturated rings. The summed E-state index contributed by atoms with van der Waals surface area (Å²) in [6.45, 7) is 1.96. The van der Waals surface area contributed by atoms with Crippen molar-refractivity contribution in [3.63, 3.8) is 0 Å². The molecule has 0 aliphatic carbocycles. The maximum Gasteiger partial charge on any atom is 0.213 e. The summed E-state index contributed by atoms with van der Waals surface area (Å²) < 4.78 is 5.26. The van der Waals surface area contributed by atoms with Crippen LogP contribution >= 0.6 is 23.2 Å². The molecule has 2 rings (SSSR count). The Labute approximate surface area is 79.9 Å². The van der Waals surface area contributed by atoms with Gasteiger partial charge in [-0.15, -0.1) is 0 Å². The molecule has 3 heteroatoms. The molecule has 0 radical (unpaired) electrons. The molecule has 0 aliphatic rings. The molecule has 0 unspecified atom stereocenters. The maximum atomic E-state index is 5.89. The SMILES string of the molecule is Cc1cccc2c(Cl)c(Cl)oc12. The molecule has 0 saturated heterocycles. The molecule has 62 valence electrons. The van der Waals surface area contributed by atoms with Crippen LogP contribution in [-0.2, 0) is 0 Å². The van der Waals surface area contributed by atoms with Gasteiger partial charge in [0.05, 0.1) is 0 Å². The summed E-state index contributed by atoms with van der Waals surface area (Å²) in [5.74, 6) is 0. The number of rotatable bonds is 0. The lowest BCUT2D eigenvalue weighted by molar-refractivity contribution is 0.615. The molecular weight excluding hydrogens is 195 g/mol. The smallest absolute Gasteiger partial charge is 0.213 e. The van der Waals surface area contributed by atoms with Gasteiger partial charge in [0.2, 0.25) is 5.22 Å². The van der Waals surface area contributed by atoms with E-state index in [9.17, 15) is 0 Å². The molecule has 0 saturated carbocycles. The minimum atomic E-state index is 0.265. The van der Waals surface area contributed by atoms with Gasteiger partial charge in [-0.05, 0) is 30.2 Å². The molecule has 0 bridgehead atoms. The first-order valence-corrected chi connectivity index (χ1v) is 4.29. The van der Waals surface area contributed by atoms with E-state index >= 15 is 0 Å². The topological polar surface area (TPSA) is 13.1 Å². The van der Waals surface area contributed by atoms with E-state index in [2.05, 4.69) is 0 Å². The van der Waals surface area contributed by atoms with Gasteiger partial charge in [0.1, 0.15) is 10.6 Å². The van der Waals surface area contributed by atoms with Crippen molar-refractivity contribution in [2.45, 2.75) is 6.92 Å². The Bertz CT molecular complexity index is 431. The number of aryl methyl sites for hydroxylation is 1. The molecule has 12 heavy (non-hydrogen) atoms. The van der Waals surface area contributed by atoms with Crippen LogP contribution in [0.4, 0.5) is 0 Å². The third kappa shape index (κ3) is 1.01. The van der Waals surface area contributed by atoms with E-state index in [-0.39, 0.29) is 5.22 Å². The normalized spacial score (nSPS) is 10.9. The summed E-state index contributed by atoms with van der Waals surface area (Å²) in [7, 11) is 0. The van der Waals surface area contributed by atoms with Crippen molar-refractivity contribution in [1.82, 2.24) is 0 Å². The van der Waals surface area contributed by atoms with Gasteiger partial charge in [0.15, 0.2) is 0 Å². The fraction of sp³-hybridized carbons (Fsp3) is 0.111. The Balaban J connectivity index is 2.95. The average Bonchev–Trinajstić information content (AvgIpc) is 2.32. The van der Waals surface area contributed by atoms with Crippen LogP contribution in [0, 0.1) is 6.92 Å². The van der Waals surface area contributed by atoms with Crippen LogP contribution in [0.25, 0.3) is 11.0 Å². The number of fused-ring (bicyclic) bond motifs is 1. The molecule has 0 spiro atoms. The Morgan fingerprint density at radius 2 is 2.00 bits per heavy atom. The molecular formula is C9H6Cl2O. The summed E-state index contributed by atoms with van der Waals surface area (Å²) in [5.41, 5.74) is 1.81. The first kappa shape index (κ1) is 7.96. The van der Waals surface area contributed by atoms with Crippen molar-refractivity contribution >= 4 is 34.2 Å². The summed E-state index contributed by atoms with van der Waals surface area (Å²) in [6.07, 6.45) is 0. The molecule has 0 aliphatic heterocycles. The second kappa shape index (κ2) is 2.68. The van der Waals surface area contributed by atoms with Crippen molar-refractivity contribution < 1.29 is 4.42 Å². The Hall–Kier alpha value is -0.660. The fourth-order valence-electron chi connectivity index (χ4n) is 1.20.